The summed E-state index contributed by atoms with van der Waals surface area (Å²) in [6.45, 7) is 2.71. The van der Waals surface area contributed by atoms with Gasteiger partial charge in [-0.15, -0.1) is 0 Å². The molecule has 0 amide bonds. The average molecular weight is 267 g/mol. The Labute approximate surface area is 118 Å². The number of hydrogen-bond donors (Lipinski definition) is 1. The largest absolute Gasteiger partial charge is 0.495 e. The number of ether oxygens (including phenoxy) is 1. The van der Waals surface area contributed by atoms with Gasteiger partial charge in [-0.25, -0.2) is 0 Å². The highest BCUT2D eigenvalue weighted by Crippen LogP contribution is 2.28. The first-order valence-electron chi connectivity index (χ1n) is 6.63. The van der Waals surface area contributed by atoms with Crippen molar-refractivity contribution < 1.29 is 9.15 Å². The second kappa shape index (κ2) is 5.29. The molecule has 3 aromatic rings. The van der Waals surface area contributed by atoms with Crippen molar-refractivity contribution >= 4 is 16.7 Å². The number of furan rings is 1. The second-order valence-corrected chi connectivity index (χ2v) is 4.69. The number of nitrogens with one attached hydrogen (secondary N) is 1. The van der Waals surface area contributed by atoms with Gasteiger partial charge in [-0.2, -0.15) is 0 Å². The Hall–Kier alpha value is -2.42. The molecule has 0 aliphatic rings. The molecule has 3 rings (SSSR count). The molecule has 0 aliphatic carbocycles. The van der Waals surface area contributed by atoms with Crippen LogP contribution in [0.25, 0.3) is 11.0 Å². The summed E-state index contributed by atoms with van der Waals surface area (Å²) in [5.74, 6) is 1.80. The van der Waals surface area contributed by atoms with E-state index in [1.54, 1.807) is 7.11 Å². The summed E-state index contributed by atoms with van der Waals surface area (Å²) in [7, 11) is 1.68. The smallest absolute Gasteiger partial charge is 0.141 e. The van der Waals surface area contributed by atoms with Gasteiger partial charge in [0, 0.05) is 17.5 Å². The zero-order valence-electron chi connectivity index (χ0n) is 11.6. The van der Waals surface area contributed by atoms with Crippen LogP contribution in [-0.4, -0.2) is 7.11 Å². The summed E-state index contributed by atoms with van der Waals surface area (Å²) in [4.78, 5) is 0. The molecule has 0 atom stereocenters. The van der Waals surface area contributed by atoms with E-state index in [0.29, 0.717) is 6.54 Å². The molecule has 0 saturated carbocycles. The minimum absolute atomic E-state index is 0.712. The van der Waals surface area contributed by atoms with Crippen molar-refractivity contribution in [2.75, 3.05) is 12.4 Å². The molecule has 1 heterocycles. The van der Waals surface area contributed by atoms with Crippen LogP contribution in [0.15, 0.2) is 52.9 Å². The Balaban J connectivity index is 1.89. The molecule has 0 aliphatic heterocycles. The Morgan fingerprint density at radius 3 is 2.65 bits per heavy atom. The topological polar surface area (TPSA) is 34.4 Å². The number of para-hydroxylation sites is 3. The molecular weight excluding hydrogens is 250 g/mol. The van der Waals surface area contributed by atoms with Crippen LogP contribution < -0.4 is 10.1 Å². The lowest BCUT2D eigenvalue weighted by atomic mass is 10.1. The van der Waals surface area contributed by atoms with Gasteiger partial charge >= 0.3 is 0 Å². The summed E-state index contributed by atoms with van der Waals surface area (Å²) in [6.07, 6.45) is 0. The van der Waals surface area contributed by atoms with Crippen LogP contribution in [-0.2, 0) is 6.54 Å². The number of anilines is 1. The van der Waals surface area contributed by atoms with Gasteiger partial charge in [0.15, 0.2) is 0 Å². The predicted molar refractivity (Wildman–Crippen MR) is 81.3 cm³/mol. The highest BCUT2D eigenvalue weighted by atomic mass is 16.5. The molecule has 0 spiro atoms. The molecule has 0 fully saturated rings. The standard InChI is InChI=1S/C17H17NO2/c1-12-14(13-7-3-5-9-16(13)20-12)11-18-15-8-4-6-10-17(15)19-2/h3-10,18H,11H2,1-2H3. The third-order valence-electron chi connectivity index (χ3n) is 3.46. The maximum atomic E-state index is 5.77. The third kappa shape index (κ3) is 2.23. The first kappa shape index (κ1) is 12.6. The SMILES string of the molecule is COc1ccccc1NCc1c(C)oc2ccccc12. The third-order valence-corrected chi connectivity index (χ3v) is 3.46. The van der Waals surface area contributed by atoms with Gasteiger partial charge in [0.05, 0.1) is 12.8 Å². The van der Waals surface area contributed by atoms with E-state index in [1.807, 2.05) is 49.4 Å². The van der Waals surface area contributed by atoms with Crippen LogP contribution >= 0.6 is 0 Å². The first-order chi connectivity index (χ1) is 9.79. The van der Waals surface area contributed by atoms with E-state index in [2.05, 4.69) is 11.4 Å². The van der Waals surface area contributed by atoms with Crippen molar-refractivity contribution in [2.24, 2.45) is 0 Å². The van der Waals surface area contributed by atoms with E-state index in [0.717, 1.165) is 28.2 Å². The van der Waals surface area contributed by atoms with Crippen molar-refractivity contribution in [3.63, 3.8) is 0 Å². The maximum Gasteiger partial charge on any atom is 0.141 e. The van der Waals surface area contributed by atoms with Gasteiger partial charge in [0.1, 0.15) is 17.1 Å². The molecule has 102 valence electrons. The molecule has 0 bridgehead atoms. The fourth-order valence-electron chi connectivity index (χ4n) is 2.42. The zero-order chi connectivity index (χ0) is 13.9. The van der Waals surface area contributed by atoms with Gasteiger partial charge in [0.25, 0.3) is 0 Å². The highest BCUT2D eigenvalue weighted by molar-refractivity contribution is 5.82. The lowest BCUT2D eigenvalue weighted by molar-refractivity contribution is 0.416. The van der Waals surface area contributed by atoms with E-state index in [1.165, 1.54) is 5.56 Å². The van der Waals surface area contributed by atoms with Crippen LogP contribution in [0.2, 0.25) is 0 Å². The summed E-state index contributed by atoms with van der Waals surface area (Å²) in [5.41, 5.74) is 3.10. The molecule has 0 saturated heterocycles. The van der Waals surface area contributed by atoms with Gasteiger partial charge < -0.3 is 14.5 Å². The Morgan fingerprint density at radius 1 is 1.05 bits per heavy atom. The lowest BCUT2D eigenvalue weighted by Gasteiger charge is -2.10. The van der Waals surface area contributed by atoms with Crippen LogP contribution in [0.3, 0.4) is 0 Å². The maximum absolute atomic E-state index is 5.77. The Kier molecular flexibility index (Phi) is 3.33. The van der Waals surface area contributed by atoms with Crippen LogP contribution in [0.4, 0.5) is 5.69 Å². The fourth-order valence-corrected chi connectivity index (χ4v) is 2.42. The summed E-state index contributed by atoms with van der Waals surface area (Å²) >= 11 is 0. The second-order valence-electron chi connectivity index (χ2n) is 4.69. The quantitative estimate of drug-likeness (QED) is 0.762. The number of rotatable bonds is 4. The number of methoxy groups -OCH3 is 1. The number of hydrogen-bond acceptors (Lipinski definition) is 3. The van der Waals surface area contributed by atoms with Crippen LogP contribution in [0.5, 0.6) is 5.75 Å². The molecule has 2 aromatic carbocycles. The molecule has 20 heavy (non-hydrogen) atoms. The van der Waals surface area contributed by atoms with E-state index in [4.69, 9.17) is 9.15 Å². The van der Waals surface area contributed by atoms with Crippen molar-refractivity contribution in [3.8, 4) is 5.75 Å². The van der Waals surface area contributed by atoms with Gasteiger partial charge in [-0.1, -0.05) is 30.3 Å². The van der Waals surface area contributed by atoms with Crippen molar-refractivity contribution in [1.29, 1.82) is 0 Å². The van der Waals surface area contributed by atoms with Gasteiger partial charge in [-0.05, 0) is 25.1 Å². The van der Waals surface area contributed by atoms with E-state index in [-0.39, 0.29) is 0 Å². The summed E-state index contributed by atoms with van der Waals surface area (Å²) in [5, 5.41) is 4.57. The van der Waals surface area contributed by atoms with Gasteiger partial charge in [-0.3, -0.25) is 0 Å². The molecule has 0 unspecified atom stereocenters. The molecule has 3 heteroatoms. The molecule has 1 N–H and O–H groups in total. The average Bonchev–Trinajstić information content (AvgIpc) is 2.81. The minimum atomic E-state index is 0.712. The van der Waals surface area contributed by atoms with Crippen molar-refractivity contribution in [1.82, 2.24) is 0 Å². The lowest BCUT2D eigenvalue weighted by Crippen LogP contribution is -2.01. The molecule has 1 aromatic heterocycles. The van der Waals surface area contributed by atoms with Crippen LogP contribution in [0.1, 0.15) is 11.3 Å². The van der Waals surface area contributed by atoms with E-state index in [9.17, 15) is 0 Å². The fraction of sp³-hybridized carbons (Fsp3) is 0.176. The molecular formula is C17H17NO2. The number of benzene rings is 2. The molecule has 0 radical (unpaired) electrons. The normalized spacial score (nSPS) is 10.7. The highest BCUT2D eigenvalue weighted by Gasteiger charge is 2.10. The van der Waals surface area contributed by atoms with Crippen molar-refractivity contribution in [2.45, 2.75) is 13.5 Å². The summed E-state index contributed by atoms with van der Waals surface area (Å²) in [6, 6.07) is 16.0. The monoisotopic (exact) mass is 267 g/mol. The van der Waals surface area contributed by atoms with Crippen LogP contribution in [0, 0.1) is 6.92 Å². The summed E-state index contributed by atoms with van der Waals surface area (Å²) < 4.78 is 11.1. The predicted octanol–water partition coefficient (Wildman–Crippen LogP) is 4.36. The Morgan fingerprint density at radius 2 is 1.80 bits per heavy atom. The first-order valence-corrected chi connectivity index (χ1v) is 6.63. The zero-order valence-corrected chi connectivity index (χ0v) is 11.6. The molecule has 3 nitrogen and oxygen atoms in total. The van der Waals surface area contributed by atoms with E-state index >= 15 is 0 Å². The minimum Gasteiger partial charge on any atom is -0.495 e. The van der Waals surface area contributed by atoms with Crippen molar-refractivity contribution in [3.05, 3.63) is 59.9 Å². The van der Waals surface area contributed by atoms with Gasteiger partial charge in [0.2, 0.25) is 0 Å². The number of fused-ring (bicyclic) bond motifs is 1. The number of aryl methyl sites for hydroxylation is 1. The van der Waals surface area contributed by atoms with E-state index < -0.39 is 0 Å². The Bertz CT molecular complexity index is 731.